The number of hydrogen-bond donors (Lipinski definition) is 1. The van der Waals surface area contributed by atoms with Crippen LogP contribution in [0.5, 0.6) is 0 Å². The van der Waals surface area contributed by atoms with Crippen LogP contribution in [-0.4, -0.2) is 26.7 Å². The molecule has 0 radical (unpaired) electrons. The van der Waals surface area contributed by atoms with E-state index in [-0.39, 0.29) is 0 Å². The molecule has 3 nitrogen and oxygen atoms in total. The molecule has 1 fully saturated rings. The molecule has 1 aromatic carbocycles. The van der Waals surface area contributed by atoms with Crippen molar-refractivity contribution in [1.29, 1.82) is 0 Å². The third-order valence-electron chi connectivity index (χ3n) is 2.57. The third kappa shape index (κ3) is 4.54. The van der Waals surface area contributed by atoms with E-state index in [1.54, 1.807) is 0 Å². The Morgan fingerprint density at radius 3 is 2.59 bits per heavy atom. The molecule has 0 aliphatic carbocycles. The molecule has 1 heterocycles. The summed E-state index contributed by atoms with van der Waals surface area (Å²) in [4.78, 5) is 8.95. The SMILES string of the molecule is COC=O.Clc1ccc([C@@H]2CCNC2)cc1Cl. The zero-order chi connectivity index (χ0) is 12.7. The monoisotopic (exact) mass is 275 g/mol. The molecule has 0 saturated carbocycles. The lowest BCUT2D eigenvalue weighted by molar-refractivity contribution is -0.126. The molecule has 1 aliphatic heterocycles. The Bertz CT molecular complexity index is 366. The number of carbonyl (C=O) groups excluding carboxylic acids is 1. The predicted molar refractivity (Wildman–Crippen MR) is 69.8 cm³/mol. The van der Waals surface area contributed by atoms with Crippen LogP contribution in [0.2, 0.25) is 10.0 Å². The fourth-order valence-corrected chi connectivity index (χ4v) is 2.01. The number of benzene rings is 1. The van der Waals surface area contributed by atoms with Gasteiger partial charge < -0.3 is 10.1 Å². The van der Waals surface area contributed by atoms with Crippen LogP contribution in [0, 0.1) is 0 Å². The minimum absolute atomic E-state index is 0.375. The normalized spacial score (nSPS) is 18.2. The van der Waals surface area contributed by atoms with Gasteiger partial charge in [0.15, 0.2) is 0 Å². The summed E-state index contributed by atoms with van der Waals surface area (Å²) in [7, 11) is 1.31. The number of hydrogen-bond acceptors (Lipinski definition) is 3. The Morgan fingerprint density at radius 1 is 1.41 bits per heavy atom. The second-order valence-corrected chi connectivity index (χ2v) is 4.51. The fraction of sp³-hybridized carbons (Fsp3) is 0.417. The maximum Gasteiger partial charge on any atom is 0.292 e. The topological polar surface area (TPSA) is 38.3 Å². The van der Waals surface area contributed by atoms with Gasteiger partial charge in [0.25, 0.3) is 6.47 Å². The molecule has 1 aliphatic rings. The first-order chi connectivity index (χ1) is 8.19. The summed E-state index contributed by atoms with van der Waals surface area (Å²) < 4.78 is 3.86. The summed E-state index contributed by atoms with van der Waals surface area (Å²) in [6.45, 7) is 2.53. The molecule has 0 spiro atoms. The number of ether oxygens (including phenoxy) is 1. The van der Waals surface area contributed by atoms with Crippen LogP contribution >= 0.6 is 23.2 Å². The van der Waals surface area contributed by atoms with Crippen molar-refractivity contribution >= 4 is 29.7 Å². The van der Waals surface area contributed by atoms with Crippen molar-refractivity contribution in [3.8, 4) is 0 Å². The first-order valence-corrected chi connectivity index (χ1v) is 6.06. The summed E-state index contributed by atoms with van der Waals surface area (Å²) in [5.41, 5.74) is 1.29. The number of rotatable bonds is 2. The molecule has 0 bridgehead atoms. The molecule has 0 amide bonds. The Balaban J connectivity index is 0.000000317. The van der Waals surface area contributed by atoms with Crippen LogP contribution < -0.4 is 5.32 Å². The van der Waals surface area contributed by atoms with Gasteiger partial charge in [-0.25, -0.2) is 0 Å². The van der Waals surface area contributed by atoms with E-state index in [4.69, 9.17) is 28.0 Å². The lowest BCUT2D eigenvalue weighted by Gasteiger charge is -2.09. The van der Waals surface area contributed by atoms with Crippen LogP contribution in [0.1, 0.15) is 17.9 Å². The third-order valence-corrected chi connectivity index (χ3v) is 3.31. The van der Waals surface area contributed by atoms with Crippen LogP contribution in [0.3, 0.4) is 0 Å². The smallest absolute Gasteiger partial charge is 0.292 e. The minimum Gasteiger partial charge on any atom is -0.471 e. The van der Waals surface area contributed by atoms with E-state index in [9.17, 15) is 0 Å². The summed E-state index contributed by atoms with van der Waals surface area (Å²) in [6, 6.07) is 5.91. The van der Waals surface area contributed by atoms with E-state index in [0.717, 1.165) is 13.1 Å². The van der Waals surface area contributed by atoms with Crippen molar-refractivity contribution in [2.45, 2.75) is 12.3 Å². The maximum absolute atomic E-state index is 8.95. The molecule has 2 rings (SSSR count). The second kappa shape index (κ2) is 7.54. The number of carbonyl (C=O) groups is 1. The highest BCUT2D eigenvalue weighted by Gasteiger charge is 2.16. The molecule has 17 heavy (non-hydrogen) atoms. The lowest BCUT2D eigenvalue weighted by Crippen LogP contribution is -2.07. The summed E-state index contributed by atoms with van der Waals surface area (Å²) >= 11 is 11.8. The molecule has 1 saturated heterocycles. The average Bonchev–Trinajstić information content (AvgIpc) is 2.87. The van der Waals surface area contributed by atoms with Gasteiger partial charge in [-0.05, 0) is 36.6 Å². The largest absolute Gasteiger partial charge is 0.471 e. The first-order valence-electron chi connectivity index (χ1n) is 5.31. The van der Waals surface area contributed by atoms with Gasteiger partial charge in [-0.1, -0.05) is 29.3 Å². The number of methoxy groups -OCH3 is 1. The van der Waals surface area contributed by atoms with Gasteiger partial charge >= 0.3 is 0 Å². The molecular weight excluding hydrogens is 261 g/mol. The number of nitrogens with one attached hydrogen (secondary N) is 1. The van der Waals surface area contributed by atoms with Crippen molar-refractivity contribution in [2.75, 3.05) is 20.2 Å². The Labute approximate surface area is 111 Å². The quantitative estimate of drug-likeness (QED) is 0.844. The van der Waals surface area contributed by atoms with E-state index in [2.05, 4.69) is 16.1 Å². The molecule has 5 heteroatoms. The van der Waals surface area contributed by atoms with Crippen molar-refractivity contribution in [2.24, 2.45) is 0 Å². The average molecular weight is 276 g/mol. The van der Waals surface area contributed by atoms with Crippen LogP contribution in [0.15, 0.2) is 18.2 Å². The molecule has 1 atom stereocenters. The molecule has 0 aromatic heterocycles. The highest BCUT2D eigenvalue weighted by Crippen LogP contribution is 2.28. The van der Waals surface area contributed by atoms with Crippen LogP contribution in [-0.2, 0) is 9.53 Å². The van der Waals surface area contributed by atoms with Gasteiger partial charge in [0, 0.05) is 6.54 Å². The molecular formula is C12H15Cl2NO2. The molecule has 0 unspecified atom stereocenters. The minimum atomic E-state index is 0.375. The van der Waals surface area contributed by atoms with Gasteiger partial charge in [0.1, 0.15) is 0 Å². The predicted octanol–water partition coefficient (Wildman–Crippen LogP) is 2.86. The summed E-state index contributed by atoms with van der Waals surface area (Å²) in [5, 5.41) is 4.62. The van der Waals surface area contributed by atoms with Gasteiger partial charge in [0.2, 0.25) is 0 Å². The Kier molecular flexibility index (Phi) is 6.34. The van der Waals surface area contributed by atoms with Gasteiger partial charge in [-0.3, -0.25) is 4.79 Å². The van der Waals surface area contributed by atoms with Crippen LogP contribution in [0.25, 0.3) is 0 Å². The zero-order valence-electron chi connectivity index (χ0n) is 9.58. The van der Waals surface area contributed by atoms with Crippen molar-refractivity contribution in [1.82, 2.24) is 5.32 Å². The first kappa shape index (κ1) is 14.3. The van der Waals surface area contributed by atoms with Crippen LogP contribution in [0.4, 0.5) is 0 Å². The standard InChI is InChI=1S/C10H11Cl2N.C2H4O2/c11-9-2-1-7(5-10(9)12)8-3-4-13-6-8;1-4-2-3/h1-2,5,8,13H,3-4,6H2;2H,1H3/t8-;/m1./s1. The van der Waals surface area contributed by atoms with E-state index in [0.29, 0.717) is 22.4 Å². The molecule has 1 N–H and O–H groups in total. The van der Waals surface area contributed by atoms with E-state index in [1.807, 2.05) is 12.1 Å². The van der Waals surface area contributed by atoms with Crippen molar-refractivity contribution in [3.05, 3.63) is 33.8 Å². The van der Waals surface area contributed by atoms with E-state index < -0.39 is 0 Å². The fourth-order valence-electron chi connectivity index (χ4n) is 1.71. The maximum atomic E-state index is 8.95. The second-order valence-electron chi connectivity index (χ2n) is 3.70. The van der Waals surface area contributed by atoms with Gasteiger partial charge in [-0.2, -0.15) is 0 Å². The van der Waals surface area contributed by atoms with E-state index >= 15 is 0 Å². The highest BCUT2D eigenvalue weighted by molar-refractivity contribution is 6.42. The van der Waals surface area contributed by atoms with Crippen molar-refractivity contribution in [3.63, 3.8) is 0 Å². The summed E-state index contributed by atoms with van der Waals surface area (Å²) in [5.74, 6) is 0.606. The van der Waals surface area contributed by atoms with E-state index in [1.165, 1.54) is 19.1 Å². The highest BCUT2D eigenvalue weighted by atomic mass is 35.5. The van der Waals surface area contributed by atoms with Gasteiger partial charge in [-0.15, -0.1) is 0 Å². The molecule has 1 aromatic rings. The summed E-state index contributed by atoms with van der Waals surface area (Å²) in [6.07, 6.45) is 1.19. The molecule has 94 valence electrons. The lowest BCUT2D eigenvalue weighted by atomic mass is 9.99. The van der Waals surface area contributed by atoms with Gasteiger partial charge in [0.05, 0.1) is 17.2 Å². The number of halogens is 2. The Hall–Kier alpha value is -0.770. The zero-order valence-corrected chi connectivity index (χ0v) is 11.1. The van der Waals surface area contributed by atoms with Crippen molar-refractivity contribution < 1.29 is 9.53 Å². The Morgan fingerprint density at radius 2 is 2.12 bits per heavy atom.